The third-order valence-corrected chi connectivity index (χ3v) is 2.55. The molecule has 1 rings (SSSR count). The van der Waals surface area contributed by atoms with E-state index in [4.69, 9.17) is 14.7 Å². The van der Waals surface area contributed by atoms with Crippen LogP contribution in [-0.2, 0) is 10.2 Å². The molecule has 0 aliphatic heterocycles. The van der Waals surface area contributed by atoms with Gasteiger partial charge in [-0.3, -0.25) is 0 Å². The Morgan fingerprint density at radius 3 is 2.53 bits per heavy atom. The van der Waals surface area contributed by atoms with Crippen LogP contribution in [0.1, 0.15) is 49.4 Å². The molecule has 0 bridgehead atoms. The molecular weight excluding hydrogens is 244 g/mol. The van der Waals surface area contributed by atoms with Crippen molar-refractivity contribution in [2.45, 2.75) is 33.1 Å². The van der Waals surface area contributed by atoms with Crippen molar-refractivity contribution in [2.75, 3.05) is 13.7 Å². The summed E-state index contributed by atoms with van der Waals surface area (Å²) in [6.45, 7) is 7.85. The van der Waals surface area contributed by atoms with E-state index < -0.39 is 5.97 Å². The summed E-state index contributed by atoms with van der Waals surface area (Å²) in [5.74, 6) is -0.349. The minimum atomic E-state index is -0.510. The minimum Gasteiger partial charge on any atom is -0.493 e. The second-order valence-electron chi connectivity index (χ2n) is 5.02. The second-order valence-corrected chi connectivity index (χ2v) is 5.02. The maximum atomic E-state index is 11.9. The van der Waals surface area contributed by atoms with E-state index in [1.54, 1.807) is 13.0 Å². The number of nitrogens with zero attached hydrogens (tertiary/aromatic N) is 2. The maximum Gasteiger partial charge on any atom is 0.342 e. The van der Waals surface area contributed by atoms with Crippen LogP contribution in [0.15, 0.2) is 6.07 Å². The molecule has 0 spiro atoms. The van der Waals surface area contributed by atoms with Gasteiger partial charge in [0, 0.05) is 11.1 Å². The van der Waals surface area contributed by atoms with E-state index in [1.165, 1.54) is 7.11 Å². The van der Waals surface area contributed by atoms with Gasteiger partial charge in [0.2, 0.25) is 0 Å². The van der Waals surface area contributed by atoms with E-state index in [1.807, 2.05) is 26.8 Å². The number of carbonyl (C=O) groups excluding carboxylic acids is 1. The summed E-state index contributed by atoms with van der Waals surface area (Å²) < 4.78 is 10.1. The molecule has 0 atom stereocenters. The lowest BCUT2D eigenvalue weighted by atomic mass is 9.90. The number of pyridine rings is 1. The molecule has 0 amide bonds. The highest BCUT2D eigenvalue weighted by Crippen LogP contribution is 2.29. The highest BCUT2D eigenvalue weighted by atomic mass is 16.5. The van der Waals surface area contributed by atoms with Crippen molar-refractivity contribution >= 4 is 5.97 Å². The van der Waals surface area contributed by atoms with Crippen molar-refractivity contribution in [3.63, 3.8) is 0 Å². The lowest BCUT2D eigenvalue weighted by molar-refractivity contribution is 0.0522. The Morgan fingerprint density at radius 2 is 2.11 bits per heavy atom. The number of rotatable bonds is 3. The Bertz CT molecular complexity index is 525. The zero-order chi connectivity index (χ0) is 14.6. The molecule has 0 N–H and O–H groups in total. The van der Waals surface area contributed by atoms with Gasteiger partial charge >= 0.3 is 5.97 Å². The van der Waals surface area contributed by atoms with Gasteiger partial charge in [-0.05, 0) is 13.0 Å². The Kier molecular flexibility index (Phi) is 4.49. The van der Waals surface area contributed by atoms with Crippen molar-refractivity contribution in [3.05, 3.63) is 23.0 Å². The number of nitriles is 1. The van der Waals surface area contributed by atoms with Gasteiger partial charge in [0.05, 0.1) is 13.7 Å². The number of ether oxygens (including phenoxy) is 2. The molecule has 0 aliphatic rings. The van der Waals surface area contributed by atoms with E-state index in [0.29, 0.717) is 5.69 Å². The van der Waals surface area contributed by atoms with Crippen LogP contribution in [0.3, 0.4) is 0 Å². The molecule has 5 heteroatoms. The van der Waals surface area contributed by atoms with Gasteiger partial charge in [0.1, 0.15) is 11.6 Å². The van der Waals surface area contributed by atoms with Gasteiger partial charge in [-0.1, -0.05) is 20.8 Å². The quantitative estimate of drug-likeness (QED) is 0.782. The van der Waals surface area contributed by atoms with Crippen LogP contribution >= 0.6 is 0 Å². The topological polar surface area (TPSA) is 72.2 Å². The van der Waals surface area contributed by atoms with Gasteiger partial charge in [-0.2, -0.15) is 5.26 Å². The molecule has 1 aromatic rings. The number of aromatic nitrogens is 1. The van der Waals surface area contributed by atoms with E-state index in [0.717, 1.165) is 0 Å². The number of hydrogen-bond donors (Lipinski definition) is 0. The number of methoxy groups -OCH3 is 1. The maximum absolute atomic E-state index is 11.9. The first kappa shape index (κ1) is 15.0. The third kappa shape index (κ3) is 3.22. The summed E-state index contributed by atoms with van der Waals surface area (Å²) in [6.07, 6.45) is 0. The molecular formula is C14H18N2O3. The summed E-state index contributed by atoms with van der Waals surface area (Å²) in [7, 11) is 1.40. The summed E-state index contributed by atoms with van der Waals surface area (Å²) in [5, 5.41) is 9.13. The van der Waals surface area contributed by atoms with Crippen molar-refractivity contribution in [1.29, 1.82) is 5.26 Å². The van der Waals surface area contributed by atoms with Gasteiger partial charge in [0.15, 0.2) is 11.4 Å². The average Bonchev–Trinajstić information content (AvgIpc) is 2.36. The Hall–Kier alpha value is -2.09. The first-order valence-corrected chi connectivity index (χ1v) is 6.01. The Balaban J connectivity index is 3.50. The zero-order valence-electron chi connectivity index (χ0n) is 11.9. The summed E-state index contributed by atoms with van der Waals surface area (Å²) >= 11 is 0. The molecule has 0 saturated heterocycles. The highest BCUT2D eigenvalue weighted by Gasteiger charge is 2.24. The smallest absolute Gasteiger partial charge is 0.342 e. The van der Waals surface area contributed by atoms with Crippen molar-refractivity contribution < 1.29 is 14.3 Å². The van der Waals surface area contributed by atoms with Gasteiger partial charge in [-0.25, -0.2) is 9.78 Å². The molecule has 102 valence electrons. The van der Waals surface area contributed by atoms with E-state index >= 15 is 0 Å². The number of esters is 1. The van der Waals surface area contributed by atoms with Crippen LogP contribution in [0, 0.1) is 11.3 Å². The van der Waals surface area contributed by atoms with Crippen molar-refractivity contribution in [1.82, 2.24) is 4.98 Å². The Morgan fingerprint density at radius 1 is 1.47 bits per heavy atom. The monoisotopic (exact) mass is 262 g/mol. The predicted molar refractivity (Wildman–Crippen MR) is 70.2 cm³/mol. The molecule has 0 aromatic carbocycles. The van der Waals surface area contributed by atoms with Crippen LogP contribution in [0.5, 0.6) is 5.75 Å². The normalized spacial score (nSPS) is 10.7. The second kappa shape index (κ2) is 5.70. The van der Waals surface area contributed by atoms with Crippen LogP contribution in [0.4, 0.5) is 0 Å². The molecule has 0 saturated carbocycles. The molecule has 1 aromatic heterocycles. The Labute approximate surface area is 113 Å². The molecule has 0 unspecified atom stereocenters. The predicted octanol–water partition coefficient (Wildman–Crippen LogP) is 2.44. The molecule has 0 fully saturated rings. The van der Waals surface area contributed by atoms with Crippen LogP contribution < -0.4 is 4.74 Å². The standard InChI is InChI=1S/C14H18N2O3/c1-6-19-13(17)9-7-11(14(2,3)4)16-10(8-15)12(9)18-5/h7H,6H2,1-5H3. The van der Waals surface area contributed by atoms with Crippen LogP contribution in [-0.4, -0.2) is 24.7 Å². The van der Waals surface area contributed by atoms with Gasteiger partial charge in [-0.15, -0.1) is 0 Å². The third-order valence-electron chi connectivity index (χ3n) is 2.55. The summed E-state index contributed by atoms with van der Waals surface area (Å²) in [4.78, 5) is 16.2. The molecule has 19 heavy (non-hydrogen) atoms. The minimum absolute atomic E-state index is 0.0954. The first-order valence-electron chi connectivity index (χ1n) is 6.01. The SMILES string of the molecule is CCOC(=O)c1cc(C(C)(C)C)nc(C#N)c1OC. The molecule has 1 heterocycles. The largest absolute Gasteiger partial charge is 0.493 e. The molecule has 5 nitrogen and oxygen atoms in total. The average molecular weight is 262 g/mol. The molecule has 0 radical (unpaired) electrons. The van der Waals surface area contributed by atoms with Gasteiger partial charge in [0.25, 0.3) is 0 Å². The fourth-order valence-corrected chi connectivity index (χ4v) is 1.56. The highest BCUT2D eigenvalue weighted by molar-refractivity contribution is 5.93. The van der Waals surface area contributed by atoms with Gasteiger partial charge < -0.3 is 9.47 Å². The van der Waals surface area contributed by atoms with Crippen molar-refractivity contribution in [3.8, 4) is 11.8 Å². The summed E-state index contributed by atoms with van der Waals surface area (Å²) in [6, 6.07) is 3.58. The van der Waals surface area contributed by atoms with E-state index in [2.05, 4.69) is 4.98 Å². The molecule has 0 aliphatic carbocycles. The van der Waals surface area contributed by atoms with E-state index in [9.17, 15) is 4.79 Å². The zero-order valence-corrected chi connectivity index (χ0v) is 11.9. The lowest BCUT2D eigenvalue weighted by Gasteiger charge is -2.20. The fourth-order valence-electron chi connectivity index (χ4n) is 1.56. The number of carbonyl (C=O) groups is 1. The fraction of sp³-hybridized carbons (Fsp3) is 0.500. The lowest BCUT2D eigenvalue weighted by Crippen LogP contribution is -2.18. The number of hydrogen-bond acceptors (Lipinski definition) is 5. The first-order chi connectivity index (χ1) is 8.85. The van der Waals surface area contributed by atoms with E-state index in [-0.39, 0.29) is 29.0 Å². The van der Waals surface area contributed by atoms with Crippen LogP contribution in [0.25, 0.3) is 0 Å². The van der Waals surface area contributed by atoms with Crippen LogP contribution in [0.2, 0.25) is 0 Å². The van der Waals surface area contributed by atoms with Crippen molar-refractivity contribution in [2.24, 2.45) is 0 Å². The summed E-state index contributed by atoms with van der Waals surface area (Å²) in [5.41, 5.74) is 0.700.